The van der Waals surface area contributed by atoms with Crippen molar-refractivity contribution in [3.63, 3.8) is 0 Å². The van der Waals surface area contributed by atoms with Crippen molar-refractivity contribution in [2.45, 2.75) is 75.0 Å². The first kappa shape index (κ1) is 11.9. The van der Waals surface area contributed by atoms with Crippen LogP contribution in [0.4, 0.5) is 0 Å². The summed E-state index contributed by atoms with van der Waals surface area (Å²) in [7, 11) is 0. The van der Waals surface area contributed by atoms with Gasteiger partial charge in [0.2, 0.25) is 0 Å². The Hall–Kier alpha value is -0.120. The number of ether oxygens (including phenoxy) is 2. The van der Waals surface area contributed by atoms with Gasteiger partial charge >= 0.3 is 0 Å². The molecular weight excluding hydrogens is 214 g/mol. The summed E-state index contributed by atoms with van der Waals surface area (Å²) in [6, 6.07) is 0. The first-order valence-corrected chi connectivity index (χ1v) is 7.24. The second-order valence-corrected chi connectivity index (χ2v) is 6.39. The Balaban J connectivity index is 1.56. The summed E-state index contributed by atoms with van der Waals surface area (Å²) in [4.78, 5) is 0. The Labute approximate surface area is 104 Å². The van der Waals surface area contributed by atoms with E-state index in [1.807, 2.05) is 0 Å². The number of rotatable bonds is 2. The van der Waals surface area contributed by atoms with Gasteiger partial charge < -0.3 is 15.2 Å². The lowest BCUT2D eigenvalue weighted by molar-refractivity contribution is -0.0591. The highest BCUT2D eigenvalue weighted by molar-refractivity contribution is 4.97. The molecule has 1 aliphatic carbocycles. The zero-order valence-electron chi connectivity index (χ0n) is 10.7. The molecule has 0 aromatic heterocycles. The Kier molecular flexibility index (Phi) is 3.18. The van der Waals surface area contributed by atoms with Gasteiger partial charge in [-0.2, -0.15) is 0 Å². The van der Waals surface area contributed by atoms with Crippen LogP contribution in [0.3, 0.4) is 0 Å². The molecule has 2 unspecified atom stereocenters. The second kappa shape index (κ2) is 4.52. The highest BCUT2D eigenvalue weighted by Gasteiger charge is 2.44. The summed E-state index contributed by atoms with van der Waals surface area (Å²) >= 11 is 0. The summed E-state index contributed by atoms with van der Waals surface area (Å²) in [5.41, 5.74) is 6.55. The van der Waals surface area contributed by atoms with E-state index in [1.165, 1.54) is 38.5 Å². The maximum absolute atomic E-state index is 6.42. The fourth-order valence-corrected chi connectivity index (χ4v) is 3.91. The molecule has 0 amide bonds. The largest absolute Gasteiger partial charge is 0.380 e. The van der Waals surface area contributed by atoms with Crippen LogP contribution in [0.2, 0.25) is 0 Å². The first-order valence-electron chi connectivity index (χ1n) is 7.24. The second-order valence-electron chi connectivity index (χ2n) is 6.39. The number of hydrogen-bond acceptors (Lipinski definition) is 3. The molecule has 2 aliphatic heterocycles. The highest BCUT2D eigenvalue weighted by atomic mass is 16.5. The minimum atomic E-state index is -0.118. The smallest absolute Gasteiger partial charge is 0.0687 e. The molecule has 3 rings (SSSR count). The van der Waals surface area contributed by atoms with Crippen LogP contribution in [-0.4, -0.2) is 30.5 Å². The van der Waals surface area contributed by atoms with Crippen LogP contribution in [0, 0.1) is 0 Å². The molecule has 0 bridgehead atoms. The van der Waals surface area contributed by atoms with Crippen LogP contribution in [0.5, 0.6) is 0 Å². The molecule has 3 aliphatic rings. The fourth-order valence-electron chi connectivity index (χ4n) is 3.91. The van der Waals surface area contributed by atoms with Gasteiger partial charge in [-0.3, -0.25) is 0 Å². The molecule has 0 radical (unpaired) electrons. The molecule has 0 aromatic carbocycles. The third kappa shape index (κ3) is 2.51. The third-order valence-electron chi connectivity index (χ3n) is 4.84. The van der Waals surface area contributed by atoms with Crippen LogP contribution in [-0.2, 0) is 9.47 Å². The predicted molar refractivity (Wildman–Crippen MR) is 66.9 cm³/mol. The van der Waals surface area contributed by atoms with Gasteiger partial charge in [-0.05, 0) is 44.9 Å². The van der Waals surface area contributed by atoms with Gasteiger partial charge in [0.1, 0.15) is 0 Å². The third-order valence-corrected chi connectivity index (χ3v) is 4.84. The van der Waals surface area contributed by atoms with E-state index in [0.717, 1.165) is 32.5 Å². The van der Waals surface area contributed by atoms with E-state index in [9.17, 15) is 0 Å². The van der Waals surface area contributed by atoms with Crippen molar-refractivity contribution in [3.05, 3.63) is 0 Å². The molecule has 3 fully saturated rings. The van der Waals surface area contributed by atoms with Crippen molar-refractivity contribution in [1.82, 2.24) is 0 Å². The summed E-state index contributed by atoms with van der Waals surface area (Å²) in [6.07, 6.45) is 11.3. The lowest BCUT2D eigenvalue weighted by Crippen LogP contribution is -2.49. The molecule has 2 heterocycles. The molecule has 17 heavy (non-hydrogen) atoms. The molecule has 2 N–H and O–H groups in total. The highest BCUT2D eigenvalue weighted by Crippen LogP contribution is 2.45. The van der Waals surface area contributed by atoms with Gasteiger partial charge in [0.25, 0.3) is 0 Å². The van der Waals surface area contributed by atoms with Gasteiger partial charge in [0.15, 0.2) is 0 Å². The zero-order chi connectivity index (χ0) is 11.8. The topological polar surface area (TPSA) is 44.5 Å². The monoisotopic (exact) mass is 239 g/mol. The average Bonchev–Trinajstić information content (AvgIpc) is 2.91. The molecule has 2 atom stereocenters. The Bertz CT molecular complexity index is 267. The van der Waals surface area contributed by atoms with Crippen LogP contribution < -0.4 is 5.73 Å². The van der Waals surface area contributed by atoms with Gasteiger partial charge in [-0.25, -0.2) is 0 Å². The van der Waals surface area contributed by atoms with Crippen molar-refractivity contribution in [2.24, 2.45) is 5.73 Å². The first-order chi connectivity index (χ1) is 8.20. The van der Waals surface area contributed by atoms with E-state index in [-0.39, 0.29) is 11.1 Å². The van der Waals surface area contributed by atoms with E-state index in [2.05, 4.69) is 0 Å². The average molecular weight is 239 g/mol. The molecule has 98 valence electrons. The standard InChI is InChI=1S/C14H25NO2/c15-13(5-3-9-16-11-13)10-12-4-8-14(17-12)6-1-2-7-14/h12H,1-11,15H2. The Morgan fingerprint density at radius 2 is 1.88 bits per heavy atom. The van der Waals surface area contributed by atoms with Crippen LogP contribution in [0.25, 0.3) is 0 Å². The normalized spacial score (nSPS) is 41.1. The SMILES string of the molecule is NC1(CC2CCC3(CCCC3)O2)CCCOC1. The van der Waals surface area contributed by atoms with Gasteiger partial charge in [-0.1, -0.05) is 12.8 Å². The summed E-state index contributed by atoms with van der Waals surface area (Å²) < 4.78 is 11.9. The minimum Gasteiger partial charge on any atom is -0.380 e. The Morgan fingerprint density at radius 3 is 2.59 bits per heavy atom. The molecule has 3 heteroatoms. The maximum atomic E-state index is 6.42. The number of hydrogen-bond donors (Lipinski definition) is 1. The van der Waals surface area contributed by atoms with Gasteiger partial charge in [0.05, 0.1) is 18.3 Å². The molecule has 1 saturated carbocycles. The maximum Gasteiger partial charge on any atom is 0.0687 e. The van der Waals surface area contributed by atoms with E-state index in [0.29, 0.717) is 6.10 Å². The van der Waals surface area contributed by atoms with Crippen molar-refractivity contribution < 1.29 is 9.47 Å². The summed E-state index contributed by atoms with van der Waals surface area (Å²) in [5, 5.41) is 0. The molecule has 0 aromatic rings. The van der Waals surface area contributed by atoms with E-state index in [1.54, 1.807) is 0 Å². The van der Waals surface area contributed by atoms with Crippen molar-refractivity contribution in [2.75, 3.05) is 13.2 Å². The quantitative estimate of drug-likeness (QED) is 0.804. The van der Waals surface area contributed by atoms with Crippen molar-refractivity contribution >= 4 is 0 Å². The van der Waals surface area contributed by atoms with E-state index >= 15 is 0 Å². The van der Waals surface area contributed by atoms with E-state index in [4.69, 9.17) is 15.2 Å². The van der Waals surface area contributed by atoms with Crippen molar-refractivity contribution in [1.29, 1.82) is 0 Å². The molecule has 2 saturated heterocycles. The van der Waals surface area contributed by atoms with Gasteiger partial charge in [0, 0.05) is 12.1 Å². The summed E-state index contributed by atoms with van der Waals surface area (Å²) in [6.45, 7) is 1.61. The number of nitrogens with two attached hydrogens (primary N) is 1. The molecule has 3 nitrogen and oxygen atoms in total. The van der Waals surface area contributed by atoms with E-state index < -0.39 is 0 Å². The lowest BCUT2D eigenvalue weighted by atomic mass is 9.87. The van der Waals surface area contributed by atoms with Gasteiger partial charge in [-0.15, -0.1) is 0 Å². The van der Waals surface area contributed by atoms with Crippen LogP contribution in [0.1, 0.15) is 57.8 Å². The predicted octanol–water partition coefficient (Wildman–Crippen LogP) is 2.38. The zero-order valence-corrected chi connectivity index (χ0v) is 10.7. The summed E-state index contributed by atoms with van der Waals surface area (Å²) in [5.74, 6) is 0. The van der Waals surface area contributed by atoms with Crippen molar-refractivity contribution in [3.8, 4) is 0 Å². The lowest BCUT2D eigenvalue weighted by Gasteiger charge is -2.35. The van der Waals surface area contributed by atoms with Crippen LogP contribution in [0.15, 0.2) is 0 Å². The van der Waals surface area contributed by atoms with Crippen LogP contribution >= 0.6 is 0 Å². The minimum absolute atomic E-state index is 0.118. The molecule has 1 spiro atoms. The molecular formula is C14H25NO2. The Morgan fingerprint density at radius 1 is 1.06 bits per heavy atom. The fraction of sp³-hybridized carbons (Fsp3) is 1.00.